The van der Waals surface area contributed by atoms with Gasteiger partial charge in [0.1, 0.15) is 0 Å². The third kappa shape index (κ3) is 5.35. The molecule has 0 saturated carbocycles. The summed E-state index contributed by atoms with van der Waals surface area (Å²) in [5.41, 5.74) is 0. The molecule has 0 spiro atoms. The second kappa shape index (κ2) is 5.69. The van der Waals surface area contributed by atoms with Gasteiger partial charge in [-0.2, -0.15) is 0 Å². The molecule has 2 N–H and O–H groups in total. The van der Waals surface area contributed by atoms with Crippen molar-refractivity contribution in [3.8, 4) is 0 Å². The van der Waals surface area contributed by atoms with E-state index < -0.39 is 22.7 Å². The van der Waals surface area contributed by atoms with Gasteiger partial charge in [-0.1, -0.05) is 6.92 Å². The molecule has 0 heterocycles. The highest BCUT2D eigenvalue weighted by Crippen LogP contribution is 1.96. The molecule has 0 aromatic rings. The summed E-state index contributed by atoms with van der Waals surface area (Å²) in [6.07, 6.45) is 2.09. The molecule has 0 aromatic carbocycles. The van der Waals surface area contributed by atoms with Crippen LogP contribution in [-0.2, 0) is 20.4 Å². The summed E-state index contributed by atoms with van der Waals surface area (Å²) >= 11 is 0. The predicted octanol–water partition coefficient (Wildman–Crippen LogP) is -0.656. The van der Waals surface area contributed by atoms with Crippen molar-refractivity contribution in [3.63, 3.8) is 0 Å². The molecule has 0 radical (unpaired) electrons. The normalized spacial score (nSPS) is 14.6. The van der Waals surface area contributed by atoms with Gasteiger partial charge in [0, 0.05) is 28.9 Å². The van der Waals surface area contributed by atoms with E-state index in [0.717, 1.165) is 0 Å². The maximum atomic E-state index is 10.8. The second-order valence-corrected chi connectivity index (χ2v) is 4.46. The summed E-state index contributed by atoms with van der Waals surface area (Å²) in [5, 5.41) is 10.3. The van der Waals surface area contributed by atoms with Crippen LogP contribution in [0.1, 0.15) is 13.3 Å². The number of carboxylic acids is 1. The van der Waals surface area contributed by atoms with Crippen molar-refractivity contribution in [1.82, 2.24) is 5.32 Å². The van der Waals surface area contributed by atoms with E-state index in [0.29, 0.717) is 6.42 Å². The first kappa shape index (κ1) is 12.1. The maximum Gasteiger partial charge on any atom is 0.394 e. The molecule has 6 heteroatoms. The molecule has 0 aromatic heterocycles. The molecule has 0 aliphatic rings. The fourth-order valence-corrected chi connectivity index (χ4v) is 1.08. The van der Waals surface area contributed by atoms with Gasteiger partial charge in [0.2, 0.25) is 0 Å². The largest absolute Gasteiger partial charge is 0.474 e. The Hall–Kier alpha value is -0.910. The Morgan fingerprint density at radius 2 is 2.08 bits per heavy atom. The summed E-state index contributed by atoms with van der Waals surface area (Å²) in [7, 11) is -0.934. The van der Waals surface area contributed by atoms with E-state index in [9.17, 15) is 13.8 Å². The van der Waals surface area contributed by atoms with Gasteiger partial charge in [-0.25, -0.2) is 4.79 Å². The fraction of sp³-hybridized carbons (Fsp3) is 0.714. The SMILES string of the molecule is CC(CCNC(=O)C(=O)O)S(C)=O. The van der Waals surface area contributed by atoms with Crippen LogP contribution in [0.2, 0.25) is 0 Å². The van der Waals surface area contributed by atoms with E-state index >= 15 is 0 Å². The summed E-state index contributed by atoms with van der Waals surface area (Å²) in [4.78, 5) is 20.5. The lowest BCUT2D eigenvalue weighted by atomic mass is 10.3. The monoisotopic (exact) mass is 207 g/mol. The van der Waals surface area contributed by atoms with Gasteiger partial charge in [-0.3, -0.25) is 9.00 Å². The molecule has 0 aliphatic carbocycles. The van der Waals surface area contributed by atoms with Crippen LogP contribution in [-0.4, -0.2) is 39.2 Å². The van der Waals surface area contributed by atoms with Gasteiger partial charge in [0.15, 0.2) is 0 Å². The molecule has 0 aliphatic heterocycles. The van der Waals surface area contributed by atoms with Crippen LogP contribution in [0.15, 0.2) is 0 Å². The molecule has 13 heavy (non-hydrogen) atoms. The molecule has 2 unspecified atom stereocenters. The van der Waals surface area contributed by atoms with Crippen molar-refractivity contribution < 1.29 is 18.9 Å². The predicted molar refractivity (Wildman–Crippen MR) is 48.8 cm³/mol. The third-order valence-corrected chi connectivity index (χ3v) is 2.97. The number of aliphatic carboxylic acids is 1. The van der Waals surface area contributed by atoms with E-state index in [1.165, 1.54) is 0 Å². The highest BCUT2D eigenvalue weighted by molar-refractivity contribution is 7.84. The third-order valence-electron chi connectivity index (χ3n) is 1.60. The van der Waals surface area contributed by atoms with Crippen LogP contribution in [0.3, 0.4) is 0 Å². The van der Waals surface area contributed by atoms with Gasteiger partial charge >= 0.3 is 11.9 Å². The van der Waals surface area contributed by atoms with Crippen molar-refractivity contribution in [2.45, 2.75) is 18.6 Å². The van der Waals surface area contributed by atoms with E-state index in [-0.39, 0.29) is 11.8 Å². The molecule has 76 valence electrons. The van der Waals surface area contributed by atoms with Crippen LogP contribution in [0.25, 0.3) is 0 Å². The van der Waals surface area contributed by atoms with Gasteiger partial charge < -0.3 is 10.4 Å². The molecule has 0 bridgehead atoms. The second-order valence-electron chi connectivity index (χ2n) is 2.66. The first-order valence-corrected chi connectivity index (χ1v) is 5.40. The molecular weight excluding hydrogens is 194 g/mol. The van der Waals surface area contributed by atoms with Crippen LogP contribution < -0.4 is 5.32 Å². The first-order chi connectivity index (χ1) is 5.95. The van der Waals surface area contributed by atoms with Gasteiger partial charge in [0.25, 0.3) is 0 Å². The number of nitrogens with one attached hydrogen (secondary N) is 1. The van der Waals surface area contributed by atoms with E-state index in [2.05, 4.69) is 5.32 Å². The van der Waals surface area contributed by atoms with E-state index in [1.807, 2.05) is 0 Å². The number of amides is 1. The smallest absolute Gasteiger partial charge is 0.394 e. The molecule has 0 rings (SSSR count). The van der Waals surface area contributed by atoms with Crippen molar-refractivity contribution in [3.05, 3.63) is 0 Å². The van der Waals surface area contributed by atoms with Crippen LogP contribution in [0, 0.1) is 0 Å². The Morgan fingerprint density at radius 3 is 2.46 bits per heavy atom. The Morgan fingerprint density at radius 1 is 1.54 bits per heavy atom. The van der Waals surface area contributed by atoms with Crippen LogP contribution in [0.4, 0.5) is 0 Å². The van der Waals surface area contributed by atoms with Gasteiger partial charge in [0.05, 0.1) is 0 Å². The highest BCUT2D eigenvalue weighted by atomic mass is 32.2. The average Bonchev–Trinajstić information content (AvgIpc) is 2.03. The Bertz CT molecular complexity index is 229. The zero-order valence-corrected chi connectivity index (χ0v) is 8.39. The number of carbonyl (C=O) groups excluding carboxylic acids is 1. The lowest BCUT2D eigenvalue weighted by Gasteiger charge is -2.07. The Labute approximate surface area is 79.0 Å². The zero-order chi connectivity index (χ0) is 10.4. The fourth-order valence-electron chi connectivity index (χ4n) is 0.631. The van der Waals surface area contributed by atoms with E-state index in [1.54, 1.807) is 13.2 Å². The summed E-state index contributed by atoms with van der Waals surface area (Å²) in [6, 6.07) is 0. The zero-order valence-electron chi connectivity index (χ0n) is 7.57. The van der Waals surface area contributed by atoms with Crippen molar-refractivity contribution in [2.24, 2.45) is 0 Å². The Kier molecular flexibility index (Phi) is 5.29. The minimum atomic E-state index is -1.50. The number of hydrogen-bond acceptors (Lipinski definition) is 3. The summed E-state index contributed by atoms with van der Waals surface area (Å²) in [5.74, 6) is -2.51. The molecule has 1 amide bonds. The number of carbonyl (C=O) groups is 2. The highest BCUT2D eigenvalue weighted by Gasteiger charge is 2.11. The van der Waals surface area contributed by atoms with Crippen LogP contribution >= 0.6 is 0 Å². The topological polar surface area (TPSA) is 83.5 Å². The Balaban J connectivity index is 3.62. The lowest BCUT2D eigenvalue weighted by Crippen LogP contribution is -2.32. The summed E-state index contributed by atoms with van der Waals surface area (Å²) < 4.78 is 10.8. The minimum Gasteiger partial charge on any atom is -0.474 e. The van der Waals surface area contributed by atoms with Crippen LogP contribution in [0.5, 0.6) is 0 Å². The molecule has 5 nitrogen and oxygen atoms in total. The standard InChI is InChI=1S/C7H13NO4S/c1-5(13(2)12)3-4-8-6(9)7(10)11/h5H,3-4H2,1-2H3,(H,8,9)(H,10,11). The van der Waals surface area contributed by atoms with Crippen molar-refractivity contribution in [1.29, 1.82) is 0 Å². The number of carboxylic acid groups (broad SMARTS) is 1. The molecule has 0 saturated heterocycles. The lowest BCUT2D eigenvalue weighted by molar-refractivity contribution is -0.150. The van der Waals surface area contributed by atoms with Gasteiger partial charge in [-0.15, -0.1) is 0 Å². The number of hydrogen-bond donors (Lipinski definition) is 2. The average molecular weight is 207 g/mol. The van der Waals surface area contributed by atoms with Crippen molar-refractivity contribution in [2.75, 3.05) is 12.8 Å². The minimum absolute atomic E-state index is 0.0332. The molecule has 2 atom stereocenters. The first-order valence-electron chi connectivity index (χ1n) is 3.78. The number of rotatable bonds is 4. The van der Waals surface area contributed by atoms with Crippen molar-refractivity contribution >= 4 is 22.7 Å². The van der Waals surface area contributed by atoms with E-state index in [4.69, 9.17) is 5.11 Å². The maximum absolute atomic E-state index is 10.8. The molecule has 0 fully saturated rings. The van der Waals surface area contributed by atoms with Gasteiger partial charge in [-0.05, 0) is 6.42 Å². The quantitative estimate of drug-likeness (QED) is 0.600. The molecular formula is C7H13NO4S. The summed E-state index contributed by atoms with van der Waals surface area (Å²) in [6.45, 7) is 2.02.